The molecule has 0 bridgehead atoms. The first-order valence-corrected chi connectivity index (χ1v) is 9.67. The van der Waals surface area contributed by atoms with Gasteiger partial charge in [-0.2, -0.15) is 0 Å². The molecule has 0 fully saturated rings. The van der Waals surface area contributed by atoms with Crippen molar-refractivity contribution in [3.63, 3.8) is 0 Å². The van der Waals surface area contributed by atoms with Crippen LogP contribution in [0.4, 0.5) is 0 Å². The normalized spacial score (nSPS) is 16.2. The predicted molar refractivity (Wildman–Crippen MR) is 106 cm³/mol. The number of benzene rings is 2. The molecule has 2 aromatic carbocycles. The Morgan fingerprint density at radius 2 is 1.24 bits per heavy atom. The van der Waals surface area contributed by atoms with Crippen LogP contribution in [0.2, 0.25) is 0 Å². The van der Waals surface area contributed by atoms with E-state index in [1.54, 1.807) is 12.1 Å². The zero-order valence-electron chi connectivity index (χ0n) is 15.9. The van der Waals surface area contributed by atoms with Crippen molar-refractivity contribution in [3.05, 3.63) is 48.5 Å². The maximum atomic E-state index is 11.1. The van der Waals surface area contributed by atoms with Gasteiger partial charge in [0.25, 0.3) is 0 Å². The quantitative estimate of drug-likeness (QED) is 0.704. The summed E-state index contributed by atoms with van der Waals surface area (Å²) in [6, 6.07) is 14.6. The topological polar surface area (TPSA) is 72.5 Å². The van der Waals surface area contributed by atoms with Crippen LogP contribution < -0.4 is 18.9 Å². The highest BCUT2D eigenvalue weighted by Crippen LogP contribution is 2.28. The van der Waals surface area contributed by atoms with Crippen LogP contribution in [-0.4, -0.2) is 57.6 Å². The lowest BCUT2D eigenvalue weighted by atomic mass is 10.3. The van der Waals surface area contributed by atoms with Gasteiger partial charge in [-0.1, -0.05) is 24.3 Å². The van der Waals surface area contributed by atoms with Crippen molar-refractivity contribution in [2.24, 2.45) is 0 Å². The Hall–Kier alpha value is -2.48. The zero-order chi connectivity index (χ0) is 20.3. The third-order valence-electron chi connectivity index (χ3n) is 3.95. The molecular formula is C21H23ClO7. The number of ether oxygens (including phenoxy) is 6. The molecule has 7 nitrogen and oxygen atoms in total. The summed E-state index contributed by atoms with van der Waals surface area (Å²) in [7, 11) is 0. The second-order valence-corrected chi connectivity index (χ2v) is 6.53. The van der Waals surface area contributed by atoms with E-state index in [1.807, 2.05) is 36.4 Å². The summed E-state index contributed by atoms with van der Waals surface area (Å²) in [6.07, 6.45) is -0.532. The summed E-state index contributed by atoms with van der Waals surface area (Å²) >= 11 is 5.41. The SMILES string of the molecule is O=C(Cl)COC1COc2ccccc2OCCOCCOc2ccccc2OC1. The van der Waals surface area contributed by atoms with Crippen LogP contribution in [0, 0.1) is 0 Å². The lowest BCUT2D eigenvalue weighted by Gasteiger charge is -2.21. The summed E-state index contributed by atoms with van der Waals surface area (Å²) in [6.45, 7) is 1.63. The third-order valence-corrected chi connectivity index (χ3v) is 4.06. The Morgan fingerprint density at radius 1 is 0.793 bits per heavy atom. The molecule has 2 aromatic rings. The van der Waals surface area contributed by atoms with E-state index in [0.717, 1.165) is 0 Å². The molecule has 1 aliphatic heterocycles. The van der Waals surface area contributed by atoms with Crippen molar-refractivity contribution in [2.45, 2.75) is 6.10 Å². The number of carbonyl (C=O) groups excluding carboxylic acids is 1. The molecule has 0 unspecified atom stereocenters. The number of halogens is 1. The van der Waals surface area contributed by atoms with E-state index in [2.05, 4.69) is 0 Å². The Labute approximate surface area is 174 Å². The van der Waals surface area contributed by atoms with Crippen LogP contribution in [0.25, 0.3) is 0 Å². The molecule has 1 aliphatic rings. The molecule has 3 rings (SSSR count). The summed E-state index contributed by atoms with van der Waals surface area (Å²) in [5, 5.41) is -0.593. The molecule has 0 saturated heterocycles. The minimum atomic E-state index is -0.593. The standard InChI is InChI=1S/C21H23ClO7/c22-21(23)15-27-16-13-28-19-7-3-1-5-17(19)25-11-9-24-10-12-26-18-6-2-4-8-20(18)29-14-16/h1-8,16H,9-15H2. The minimum absolute atomic E-state index is 0.143. The summed E-state index contributed by atoms with van der Waals surface area (Å²) < 4.78 is 34.3. The first kappa shape index (κ1) is 21.2. The van der Waals surface area contributed by atoms with E-state index in [1.165, 1.54) is 0 Å². The molecule has 1 heterocycles. The van der Waals surface area contributed by atoms with Gasteiger partial charge in [-0.05, 0) is 35.9 Å². The largest absolute Gasteiger partial charge is 0.487 e. The fourth-order valence-corrected chi connectivity index (χ4v) is 2.66. The van der Waals surface area contributed by atoms with Crippen LogP contribution in [0.5, 0.6) is 23.0 Å². The third kappa shape index (κ3) is 7.12. The van der Waals surface area contributed by atoms with Gasteiger partial charge in [0.05, 0.1) is 13.2 Å². The average molecular weight is 423 g/mol. The van der Waals surface area contributed by atoms with Crippen molar-refractivity contribution >= 4 is 16.8 Å². The molecule has 0 spiro atoms. The highest BCUT2D eigenvalue weighted by atomic mass is 35.5. The van der Waals surface area contributed by atoms with Crippen molar-refractivity contribution < 1.29 is 33.2 Å². The zero-order valence-corrected chi connectivity index (χ0v) is 16.6. The summed E-state index contributed by atoms with van der Waals surface area (Å²) in [5.41, 5.74) is 0. The molecule has 0 saturated carbocycles. The number of hydrogen-bond donors (Lipinski definition) is 0. The van der Waals surface area contributed by atoms with Gasteiger partial charge >= 0.3 is 0 Å². The van der Waals surface area contributed by atoms with Crippen molar-refractivity contribution in [1.82, 2.24) is 0 Å². The number of carbonyl (C=O) groups is 1. The maximum Gasteiger partial charge on any atom is 0.247 e. The molecule has 0 amide bonds. The lowest BCUT2D eigenvalue weighted by Crippen LogP contribution is -2.30. The van der Waals surface area contributed by atoms with Crippen LogP contribution in [0.15, 0.2) is 48.5 Å². The predicted octanol–water partition coefficient (Wildman–Crippen LogP) is 3.08. The fraction of sp³-hybridized carbons (Fsp3) is 0.381. The second-order valence-electron chi connectivity index (χ2n) is 6.11. The van der Waals surface area contributed by atoms with Crippen LogP contribution >= 0.6 is 11.6 Å². The van der Waals surface area contributed by atoms with Crippen LogP contribution in [0.1, 0.15) is 0 Å². The van der Waals surface area contributed by atoms with E-state index in [-0.39, 0.29) is 19.8 Å². The highest BCUT2D eigenvalue weighted by molar-refractivity contribution is 6.63. The number of hydrogen-bond acceptors (Lipinski definition) is 7. The first-order chi connectivity index (χ1) is 14.2. The van der Waals surface area contributed by atoms with E-state index in [4.69, 9.17) is 40.0 Å². The van der Waals surface area contributed by atoms with Crippen molar-refractivity contribution in [3.8, 4) is 23.0 Å². The van der Waals surface area contributed by atoms with E-state index < -0.39 is 11.3 Å². The van der Waals surface area contributed by atoms with Crippen molar-refractivity contribution in [1.29, 1.82) is 0 Å². The smallest absolute Gasteiger partial charge is 0.247 e. The minimum Gasteiger partial charge on any atom is -0.487 e. The lowest BCUT2D eigenvalue weighted by molar-refractivity contribution is -0.119. The number of rotatable bonds is 3. The van der Waals surface area contributed by atoms with Crippen molar-refractivity contribution in [2.75, 3.05) is 46.2 Å². The highest BCUT2D eigenvalue weighted by Gasteiger charge is 2.16. The summed E-state index contributed by atoms with van der Waals surface area (Å²) in [4.78, 5) is 11.1. The molecule has 156 valence electrons. The Kier molecular flexibility index (Phi) is 8.42. The van der Waals surface area contributed by atoms with E-state index >= 15 is 0 Å². The second kappa shape index (κ2) is 11.5. The molecule has 0 N–H and O–H groups in total. The number of fused-ring (bicyclic) bond motifs is 2. The maximum absolute atomic E-state index is 11.1. The number of para-hydroxylation sites is 4. The molecule has 0 atom stereocenters. The Bertz CT molecular complexity index is 728. The van der Waals surface area contributed by atoms with Crippen LogP contribution in [0.3, 0.4) is 0 Å². The van der Waals surface area contributed by atoms with Gasteiger partial charge in [-0.15, -0.1) is 0 Å². The Morgan fingerprint density at radius 3 is 1.69 bits per heavy atom. The monoisotopic (exact) mass is 422 g/mol. The van der Waals surface area contributed by atoms with Gasteiger partial charge in [-0.3, -0.25) is 4.79 Å². The van der Waals surface area contributed by atoms with Gasteiger partial charge in [0.2, 0.25) is 5.24 Å². The molecule has 0 aliphatic carbocycles. The summed E-state index contributed by atoms with van der Waals surface area (Å²) in [5.74, 6) is 2.32. The molecule has 29 heavy (non-hydrogen) atoms. The first-order valence-electron chi connectivity index (χ1n) is 9.29. The van der Waals surface area contributed by atoms with Gasteiger partial charge in [0.1, 0.15) is 39.1 Å². The molecule has 8 heteroatoms. The van der Waals surface area contributed by atoms with Gasteiger partial charge in [0.15, 0.2) is 23.0 Å². The average Bonchev–Trinajstić information content (AvgIpc) is 2.73. The van der Waals surface area contributed by atoms with Gasteiger partial charge in [-0.25, -0.2) is 0 Å². The van der Waals surface area contributed by atoms with Crippen LogP contribution in [-0.2, 0) is 14.3 Å². The molecule has 0 aromatic heterocycles. The van der Waals surface area contributed by atoms with Gasteiger partial charge < -0.3 is 28.4 Å². The molecular weight excluding hydrogens is 400 g/mol. The Balaban J connectivity index is 1.74. The van der Waals surface area contributed by atoms with E-state index in [9.17, 15) is 4.79 Å². The van der Waals surface area contributed by atoms with E-state index in [0.29, 0.717) is 49.4 Å². The molecule has 0 radical (unpaired) electrons. The fourth-order valence-electron chi connectivity index (χ4n) is 2.59. The van der Waals surface area contributed by atoms with Gasteiger partial charge in [0, 0.05) is 0 Å².